The van der Waals surface area contributed by atoms with Gasteiger partial charge in [0, 0.05) is 38.4 Å². The summed E-state index contributed by atoms with van der Waals surface area (Å²) in [6.07, 6.45) is 5.68. The highest BCUT2D eigenvalue weighted by Crippen LogP contribution is 2.32. The summed E-state index contributed by atoms with van der Waals surface area (Å²) in [5.74, 6) is 0.0634. The van der Waals surface area contributed by atoms with E-state index in [0.29, 0.717) is 29.3 Å². The van der Waals surface area contributed by atoms with Crippen LogP contribution in [-0.4, -0.2) is 57.7 Å². The number of aromatic nitrogens is 3. The highest BCUT2D eigenvalue weighted by atomic mass is 19.1. The number of carbonyl (C=O) groups is 2. The Bertz CT molecular complexity index is 1440. The highest BCUT2D eigenvalue weighted by molar-refractivity contribution is 6.01. The molecule has 2 amide bonds. The molecule has 0 radical (unpaired) electrons. The van der Waals surface area contributed by atoms with Gasteiger partial charge >= 0.3 is 0 Å². The van der Waals surface area contributed by atoms with E-state index in [1.807, 2.05) is 17.0 Å². The van der Waals surface area contributed by atoms with E-state index in [-0.39, 0.29) is 41.1 Å². The molecule has 1 unspecified atom stereocenters. The number of hydrogen-bond acceptors (Lipinski definition) is 6. The number of nitrogens with one attached hydrogen (secondary N) is 1. The summed E-state index contributed by atoms with van der Waals surface area (Å²) < 4.78 is 16.4. The first-order valence-corrected chi connectivity index (χ1v) is 12.6. The number of nitriles is 1. The molecule has 0 spiro atoms. The Balaban J connectivity index is 1.34. The topological polar surface area (TPSA) is 107 Å². The standard InChI is InChI=1S/C27H26FN7O2/c28-19-7-3-5-17(14-29)24(19)20-13-22(25-21(31-20)15-30-26(25)36)35-12-8-23(32-35)34-11-4-6-18(16-34)27(37)33-9-1-2-10-33/h3,5,7-8,12-13,18H,1-2,4,6,9-11,15-16H2,(H,30,36). The molecule has 1 N–H and O–H groups in total. The molecule has 37 heavy (non-hydrogen) atoms. The van der Waals surface area contributed by atoms with Crippen molar-refractivity contribution in [2.45, 2.75) is 32.2 Å². The largest absolute Gasteiger partial charge is 0.354 e. The minimum absolute atomic E-state index is 0.0509. The van der Waals surface area contributed by atoms with Crippen LogP contribution < -0.4 is 10.2 Å². The van der Waals surface area contributed by atoms with Crippen molar-refractivity contribution in [3.63, 3.8) is 0 Å². The van der Waals surface area contributed by atoms with Crippen molar-refractivity contribution in [1.29, 1.82) is 5.26 Å². The molecule has 188 valence electrons. The Morgan fingerprint density at radius 1 is 1.14 bits per heavy atom. The number of pyridine rings is 1. The lowest BCUT2D eigenvalue weighted by Crippen LogP contribution is -2.44. The van der Waals surface area contributed by atoms with Crippen LogP contribution >= 0.6 is 0 Å². The number of rotatable bonds is 4. The molecule has 2 aromatic heterocycles. The van der Waals surface area contributed by atoms with Gasteiger partial charge in [0.2, 0.25) is 5.91 Å². The number of fused-ring (bicyclic) bond motifs is 1. The Morgan fingerprint density at radius 3 is 2.78 bits per heavy atom. The number of anilines is 1. The van der Waals surface area contributed by atoms with E-state index in [1.54, 1.807) is 23.0 Å². The van der Waals surface area contributed by atoms with Crippen LogP contribution in [0.1, 0.15) is 47.3 Å². The Morgan fingerprint density at radius 2 is 1.97 bits per heavy atom. The first-order valence-electron chi connectivity index (χ1n) is 12.6. The predicted molar refractivity (Wildman–Crippen MR) is 133 cm³/mol. The number of halogens is 1. The van der Waals surface area contributed by atoms with Crippen LogP contribution in [0.4, 0.5) is 10.2 Å². The summed E-state index contributed by atoms with van der Waals surface area (Å²) in [7, 11) is 0. The summed E-state index contributed by atoms with van der Waals surface area (Å²) in [5.41, 5.74) is 1.87. The molecule has 10 heteroatoms. The van der Waals surface area contributed by atoms with Crippen molar-refractivity contribution in [2.24, 2.45) is 5.92 Å². The summed E-state index contributed by atoms with van der Waals surface area (Å²) in [6.45, 7) is 3.30. The molecule has 6 rings (SSSR count). The highest BCUT2D eigenvalue weighted by Gasteiger charge is 2.32. The molecule has 3 aromatic rings. The minimum atomic E-state index is -0.557. The van der Waals surface area contributed by atoms with Crippen molar-refractivity contribution in [2.75, 3.05) is 31.1 Å². The van der Waals surface area contributed by atoms with Crippen molar-refractivity contribution < 1.29 is 14.0 Å². The fourth-order valence-corrected chi connectivity index (χ4v) is 5.60. The van der Waals surface area contributed by atoms with Gasteiger partial charge in [0.25, 0.3) is 5.91 Å². The van der Waals surface area contributed by atoms with Crippen LogP contribution in [0.5, 0.6) is 0 Å². The average molecular weight is 500 g/mol. The lowest BCUT2D eigenvalue weighted by Gasteiger charge is -2.34. The molecule has 3 aliphatic rings. The number of piperidine rings is 1. The molecule has 0 bridgehead atoms. The van der Waals surface area contributed by atoms with Gasteiger partial charge in [-0.25, -0.2) is 14.1 Å². The second kappa shape index (κ2) is 9.32. The molecule has 0 aliphatic carbocycles. The summed E-state index contributed by atoms with van der Waals surface area (Å²) in [4.78, 5) is 34.3. The van der Waals surface area contributed by atoms with Gasteiger partial charge in [-0.3, -0.25) is 9.59 Å². The quantitative estimate of drug-likeness (QED) is 0.591. The van der Waals surface area contributed by atoms with Gasteiger partial charge in [-0.1, -0.05) is 6.07 Å². The van der Waals surface area contributed by atoms with Crippen molar-refractivity contribution >= 4 is 17.6 Å². The first-order chi connectivity index (χ1) is 18.0. The van der Waals surface area contributed by atoms with Crippen LogP contribution in [0.2, 0.25) is 0 Å². The maximum Gasteiger partial charge on any atom is 0.255 e. The van der Waals surface area contributed by atoms with Gasteiger partial charge in [-0.05, 0) is 43.9 Å². The number of likely N-dealkylation sites (tertiary alicyclic amines) is 1. The van der Waals surface area contributed by atoms with E-state index in [0.717, 1.165) is 45.3 Å². The zero-order chi connectivity index (χ0) is 25.5. The van der Waals surface area contributed by atoms with Crippen LogP contribution in [0.3, 0.4) is 0 Å². The van der Waals surface area contributed by atoms with Crippen molar-refractivity contribution in [3.05, 3.63) is 59.2 Å². The summed E-state index contributed by atoms with van der Waals surface area (Å²) >= 11 is 0. The summed E-state index contributed by atoms with van der Waals surface area (Å²) in [6, 6.07) is 9.81. The zero-order valence-corrected chi connectivity index (χ0v) is 20.3. The fraction of sp³-hybridized carbons (Fsp3) is 0.370. The number of carbonyl (C=O) groups excluding carboxylic acids is 2. The zero-order valence-electron chi connectivity index (χ0n) is 20.3. The van der Waals surface area contributed by atoms with Gasteiger partial charge in [0.1, 0.15) is 5.82 Å². The number of nitrogens with zero attached hydrogens (tertiary/aromatic N) is 6. The fourth-order valence-electron chi connectivity index (χ4n) is 5.60. The van der Waals surface area contributed by atoms with E-state index >= 15 is 0 Å². The summed E-state index contributed by atoms with van der Waals surface area (Å²) in [5, 5.41) is 17.1. The Kier molecular flexibility index (Phi) is 5.83. The third-order valence-electron chi connectivity index (χ3n) is 7.44. The Labute approximate surface area is 213 Å². The molecule has 3 aliphatic heterocycles. The van der Waals surface area contributed by atoms with E-state index in [2.05, 4.69) is 15.2 Å². The lowest BCUT2D eigenvalue weighted by molar-refractivity contribution is -0.134. The van der Waals surface area contributed by atoms with E-state index in [4.69, 9.17) is 5.10 Å². The van der Waals surface area contributed by atoms with E-state index < -0.39 is 5.82 Å². The SMILES string of the molecule is N#Cc1cccc(F)c1-c1cc(-n2ccc(N3CCCC(C(=O)N4CCCC4)C3)n2)c2c(n1)CNC2=O. The maximum absolute atomic E-state index is 14.8. The molecule has 0 saturated carbocycles. The number of hydrogen-bond donors (Lipinski definition) is 1. The number of benzene rings is 1. The molecule has 2 saturated heterocycles. The second-order valence-electron chi connectivity index (χ2n) is 9.74. The van der Waals surface area contributed by atoms with E-state index in [9.17, 15) is 19.2 Å². The Hall–Kier alpha value is -4.26. The molecule has 1 aromatic carbocycles. The molecular formula is C27H26FN7O2. The van der Waals surface area contributed by atoms with Gasteiger partial charge in [0.05, 0.1) is 52.3 Å². The van der Waals surface area contributed by atoms with Gasteiger partial charge in [-0.2, -0.15) is 10.4 Å². The third kappa shape index (κ3) is 4.10. The smallest absolute Gasteiger partial charge is 0.255 e. The van der Waals surface area contributed by atoms with Crippen LogP contribution in [-0.2, 0) is 11.3 Å². The molecule has 2 fully saturated rings. The van der Waals surface area contributed by atoms with Gasteiger partial charge < -0.3 is 15.1 Å². The molecular weight excluding hydrogens is 473 g/mol. The maximum atomic E-state index is 14.8. The normalized spacial score (nSPS) is 19.0. The van der Waals surface area contributed by atoms with Crippen LogP contribution in [0, 0.1) is 23.1 Å². The van der Waals surface area contributed by atoms with Crippen molar-refractivity contribution in [1.82, 2.24) is 25.0 Å². The van der Waals surface area contributed by atoms with Crippen LogP contribution in [0.25, 0.3) is 16.9 Å². The van der Waals surface area contributed by atoms with Crippen LogP contribution in [0.15, 0.2) is 36.5 Å². The molecule has 5 heterocycles. The van der Waals surface area contributed by atoms with Crippen molar-refractivity contribution in [3.8, 4) is 23.0 Å². The average Bonchev–Trinajstić information content (AvgIpc) is 3.69. The monoisotopic (exact) mass is 499 g/mol. The van der Waals surface area contributed by atoms with Gasteiger partial charge in [0.15, 0.2) is 5.82 Å². The number of amides is 2. The second-order valence-corrected chi connectivity index (χ2v) is 9.74. The molecule has 9 nitrogen and oxygen atoms in total. The molecule has 1 atom stereocenters. The minimum Gasteiger partial charge on any atom is -0.354 e. The third-order valence-corrected chi connectivity index (χ3v) is 7.44. The lowest BCUT2D eigenvalue weighted by atomic mass is 9.96. The first kappa shape index (κ1) is 23.2. The predicted octanol–water partition coefficient (Wildman–Crippen LogP) is 3.03. The van der Waals surface area contributed by atoms with E-state index in [1.165, 1.54) is 12.1 Å². The van der Waals surface area contributed by atoms with Gasteiger partial charge in [-0.15, -0.1) is 0 Å².